The number of benzene rings is 4. The van der Waals surface area contributed by atoms with Crippen LogP contribution in [0.5, 0.6) is 0 Å². The number of hydrogen-bond donors (Lipinski definition) is 0. The van der Waals surface area contributed by atoms with Gasteiger partial charge in [0.1, 0.15) is 5.82 Å². The molecule has 1 heterocycles. The van der Waals surface area contributed by atoms with E-state index in [1.165, 1.54) is 18.7 Å². The number of halogens is 1. The smallest absolute Gasteiger partial charge is 0.312 e. The van der Waals surface area contributed by atoms with E-state index in [0.717, 1.165) is 17.5 Å². The van der Waals surface area contributed by atoms with Gasteiger partial charge in [-0.1, -0.05) is 78.9 Å². The molecule has 0 bridgehead atoms. The fraction of sp³-hybridized carbons (Fsp3) is 0.188. The molecule has 1 unspecified atom stereocenters. The van der Waals surface area contributed by atoms with Gasteiger partial charge < -0.3 is 9.64 Å². The highest BCUT2D eigenvalue weighted by Gasteiger charge is 2.32. The number of nitrogens with zero attached hydrogens (tertiary/aromatic N) is 1. The van der Waals surface area contributed by atoms with E-state index in [0.29, 0.717) is 28.8 Å². The number of esters is 1. The molecule has 37 heavy (non-hydrogen) atoms. The second-order valence-electron chi connectivity index (χ2n) is 9.32. The van der Waals surface area contributed by atoms with E-state index in [9.17, 15) is 14.0 Å². The summed E-state index contributed by atoms with van der Waals surface area (Å²) in [6.07, 6.45) is 0.797. The molecule has 0 aromatic heterocycles. The van der Waals surface area contributed by atoms with E-state index in [1.54, 1.807) is 43.3 Å². The van der Waals surface area contributed by atoms with Crippen LogP contribution in [-0.4, -0.2) is 30.4 Å². The van der Waals surface area contributed by atoms with Crippen molar-refractivity contribution < 1.29 is 18.7 Å². The highest BCUT2D eigenvalue weighted by Crippen LogP contribution is 2.36. The van der Waals surface area contributed by atoms with Crippen molar-refractivity contribution in [2.24, 2.45) is 0 Å². The first-order valence-electron chi connectivity index (χ1n) is 12.4. The van der Waals surface area contributed by atoms with Crippen LogP contribution in [0.3, 0.4) is 0 Å². The van der Waals surface area contributed by atoms with Gasteiger partial charge in [-0.15, -0.1) is 0 Å². The quantitative estimate of drug-likeness (QED) is 0.296. The summed E-state index contributed by atoms with van der Waals surface area (Å²) in [5, 5.41) is 0. The zero-order chi connectivity index (χ0) is 25.9. The summed E-state index contributed by atoms with van der Waals surface area (Å²) in [6.45, 7) is 2.30. The van der Waals surface area contributed by atoms with E-state index in [-0.39, 0.29) is 11.9 Å². The first-order valence-corrected chi connectivity index (χ1v) is 12.4. The second kappa shape index (κ2) is 10.4. The molecule has 0 N–H and O–H groups in total. The number of carbonyl (C=O) groups is 2. The summed E-state index contributed by atoms with van der Waals surface area (Å²) in [6, 6.07) is 30.0. The summed E-state index contributed by atoms with van der Waals surface area (Å²) < 4.78 is 19.7. The number of rotatable bonds is 5. The lowest BCUT2D eigenvalue weighted by Crippen LogP contribution is -2.40. The van der Waals surface area contributed by atoms with Crippen molar-refractivity contribution in [2.45, 2.75) is 25.3 Å². The molecular formula is C32H28FNO3. The molecule has 5 heteroatoms. The molecule has 1 amide bonds. The van der Waals surface area contributed by atoms with Gasteiger partial charge in [0.05, 0.1) is 19.1 Å². The summed E-state index contributed by atoms with van der Waals surface area (Å²) in [7, 11) is 1.32. The molecular weight excluding hydrogens is 465 g/mol. The molecule has 0 saturated carbocycles. The lowest BCUT2D eigenvalue weighted by Gasteiger charge is -2.38. The maximum absolute atomic E-state index is 15.0. The predicted octanol–water partition coefficient (Wildman–Crippen LogP) is 6.56. The molecule has 0 radical (unpaired) electrons. The van der Waals surface area contributed by atoms with Gasteiger partial charge >= 0.3 is 5.97 Å². The summed E-state index contributed by atoms with van der Waals surface area (Å²) in [5.74, 6) is -1.45. The number of carbonyl (C=O) groups excluding carboxylic acids is 2. The van der Waals surface area contributed by atoms with Crippen LogP contribution in [0.2, 0.25) is 0 Å². The Labute approximate surface area is 216 Å². The van der Waals surface area contributed by atoms with E-state index in [1.807, 2.05) is 35.2 Å². The Morgan fingerprint density at radius 1 is 0.919 bits per heavy atom. The molecule has 0 fully saturated rings. The second-order valence-corrected chi connectivity index (χ2v) is 9.32. The first-order chi connectivity index (χ1) is 18.0. The maximum atomic E-state index is 15.0. The average molecular weight is 494 g/mol. The molecule has 186 valence electrons. The molecule has 1 aliphatic rings. The summed E-state index contributed by atoms with van der Waals surface area (Å²) >= 11 is 0. The Morgan fingerprint density at radius 2 is 1.62 bits per heavy atom. The molecule has 5 rings (SSSR count). The summed E-state index contributed by atoms with van der Waals surface area (Å²) in [4.78, 5) is 27.5. The van der Waals surface area contributed by atoms with Crippen molar-refractivity contribution in [3.63, 3.8) is 0 Å². The maximum Gasteiger partial charge on any atom is 0.312 e. The lowest BCUT2D eigenvalue weighted by atomic mass is 9.87. The SMILES string of the molecule is COC(=O)C(C)c1ccc(-c2ccc(C(=O)N3CCc4ccccc4[C@@H]3c3ccccc3)cc2)c(F)c1. The highest BCUT2D eigenvalue weighted by molar-refractivity contribution is 5.95. The number of methoxy groups -OCH3 is 1. The number of ether oxygens (including phenoxy) is 1. The molecule has 0 saturated heterocycles. The van der Waals surface area contributed by atoms with Crippen LogP contribution in [0, 0.1) is 5.82 Å². The van der Waals surface area contributed by atoms with Gasteiger partial charge in [0.2, 0.25) is 0 Å². The van der Waals surface area contributed by atoms with Crippen molar-refractivity contribution in [2.75, 3.05) is 13.7 Å². The molecule has 0 spiro atoms. The number of fused-ring (bicyclic) bond motifs is 1. The first kappa shape index (κ1) is 24.4. The van der Waals surface area contributed by atoms with E-state index in [4.69, 9.17) is 4.74 Å². The van der Waals surface area contributed by atoms with Crippen LogP contribution in [0.15, 0.2) is 97.1 Å². The van der Waals surface area contributed by atoms with Gasteiger partial charge in [-0.25, -0.2) is 4.39 Å². The molecule has 4 aromatic rings. The topological polar surface area (TPSA) is 46.6 Å². The van der Waals surface area contributed by atoms with Crippen molar-refractivity contribution >= 4 is 11.9 Å². The van der Waals surface area contributed by atoms with Crippen LogP contribution < -0.4 is 0 Å². The third kappa shape index (κ3) is 4.77. The van der Waals surface area contributed by atoms with Crippen LogP contribution in [0.25, 0.3) is 11.1 Å². The minimum atomic E-state index is -0.555. The zero-order valence-corrected chi connectivity index (χ0v) is 20.9. The van der Waals surface area contributed by atoms with E-state index >= 15 is 0 Å². The van der Waals surface area contributed by atoms with Gasteiger partial charge in [-0.05, 0) is 59.4 Å². The lowest BCUT2D eigenvalue weighted by molar-refractivity contribution is -0.142. The van der Waals surface area contributed by atoms with Crippen molar-refractivity contribution in [3.8, 4) is 11.1 Å². The van der Waals surface area contributed by atoms with Gasteiger partial charge in [-0.3, -0.25) is 9.59 Å². The molecule has 1 aliphatic heterocycles. The normalized spacial score (nSPS) is 15.5. The third-order valence-electron chi connectivity index (χ3n) is 7.15. The Hall–Kier alpha value is -4.25. The zero-order valence-electron chi connectivity index (χ0n) is 20.9. The van der Waals surface area contributed by atoms with Crippen molar-refractivity contribution in [3.05, 3.63) is 131 Å². The molecule has 4 nitrogen and oxygen atoms in total. The van der Waals surface area contributed by atoms with Crippen molar-refractivity contribution in [1.82, 2.24) is 4.90 Å². The largest absolute Gasteiger partial charge is 0.469 e. The molecule has 0 aliphatic carbocycles. The van der Waals surface area contributed by atoms with Crippen LogP contribution in [0.4, 0.5) is 4.39 Å². The van der Waals surface area contributed by atoms with Crippen LogP contribution in [0.1, 0.15) is 51.5 Å². The third-order valence-corrected chi connectivity index (χ3v) is 7.15. The Morgan fingerprint density at radius 3 is 2.32 bits per heavy atom. The fourth-order valence-corrected chi connectivity index (χ4v) is 5.09. The van der Waals surface area contributed by atoms with Gasteiger partial charge in [0, 0.05) is 17.7 Å². The highest BCUT2D eigenvalue weighted by atomic mass is 19.1. The molecule has 2 atom stereocenters. The molecule has 4 aromatic carbocycles. The minimum Gasteiger partial charge on any atom is -0.469 e. The van der Waals surface area contributed by atoms with Crippen LogP contribution >= 0.6 is 0 Å². The van der Waals surface area contributed by atoms with Crippen molar-refractivity contribution in [1.29, 1.82) is 0 Å². The summed E-state index contributed by atoms with van der Waals surface area (Å²) in [5.41, 5.74) is 5.66. The Balaban J connectivity index is 1.42. The fourth-order valence-electron chi connectivity index (χ4n) is 5.09. The number of amides is 1. The van der Waals surface area contributed by atoms with Gasteiger partial charge in [0.15, 0.2) is 0 Å². The average Bonchev–Trinajstić information content (AvgIpc) is 2.96. The van der Waals surface area contributed by atoms with E-state index < -0.39 is 17.7 Å². The van der Waals surface area contributed by atoms with Gasteiger partial charge in [-0.2, -0.15) is 0 Å². The Bertz CT molecular complexity index is 1430. The standard InChI is InChI=1S/C32H28FNO3/c1-21(32(36)37-2)26-16-17-27(29(33)20-26)23-12-14-25(15-13-23)31(35)34-19-18-22-8-6-7-11-28(22)30(34)24-9-4-3-5-10-24/h3-17,20-21,30H,18-19H2,1-2H3/t21?,30-/m0/s1. The predicted molar refractivity (Wildman–Crippen MR) is 142 cm³/mol. The monoisotopic (exact) mass is 493 g/mol. The Kier molecular flexibility index (Phi) is 6.87. The van der Waals surface area contributed by atoms with Gasteiger partial charge in [0.25, 0.3) is 5.91 Å². The minimum absolute atomic E-state index is 0.0578. The van der Waals surface area contributed by atoms with E-state index in [2.05, 4.69) is 24.3 Å². The van der Waals surface area contributed by atoms with Crippen LogP contribution in [-0.2, 0) is 16.0 Å². The number of hydrogen-bond acceptors (Lipinski definition) is 3.